The Balaban J connectivity index is 1.69. The summed E-state index contributed by atoms with van der Waals surface area (Å²) in [5, 5.41) is 3.16. The van der Waals surface area contributed by atoms with E-state index in [1.54, 1.807) is 0 Å². The van der Waals surface area contributed by atoms with Crippen molar-refractivity contribution in [3.05, 3.63) is 77.4 Å². The van der Waals surface area contributed by atoms with Crippen LogP contribution in [0.3, 0.4) is 0 Å². The Bertz CT molecular complexity index is 1360. The number of ether oxygens (including phenoxy) is 1. The van der Waals surface area contributed by atoms with Gasteiger partial charge >= 0.3 is 12.1 Å². The number of nitrogens with zero attached hydrogens (tertiary/aromatic N) is 4. The number of carbonyl (C=O) groups is 2. The number of nitrogens with two attached hydrogens (primary N) is 1. The number of aliphatic imine (C=N–C) groups is 1. The summed E-state index contributed by atoms with van der Waals surface area (Å²) in [6.07, 6.45) is 0.434. The van der Waals surface area contributed by atoms with Crippen LogP contribution in [0.15, 0.2) is 53.5 Å². The fraction of sp³-hybridized carbons (Fsp3) is 0.200. The molecule has 3 amide bonds. The monoisotopic (exact) mass is 530 g/mol. The van der Waals surface area contributed by atoms with Gasteiger partial charge in [-0.1, -0.05) is 6.07 Å². The van der Waals surface area contributed by atoms with Crippen molar-refractivity contribution in [2.45, 2.75) is 6.61 Å². The van der Waals surface area contributed by atoms with Crippen LogP contribution < -0.4 is 16.0 Å². The molecule has 1 aromatic heterocycles. The lowest BCUT2D eigenvalue weighted by Crippen LogP contribution is -2.42. The molecule has 1 fully saturated rings. The van der Waals surface area contributed by atoms with Gasteiger partial charge in [-0.3, -0.25) is 0 Å². The van der Waals surface area contributed by atoms with Crippen LogP contribution in [0.5, 0.6) is 0 Å². The molecule has 198 valence electrons. The van der Waals surface area contributed by atoms with E-state index in [0.29, 0.717) is 24.1 Å². The Labute approximate surface area is 214 Å². The number of hydrogen-bond acceptors (Lipinski definition) is 5. The van der Waals surface area contributed by atoms with E-state index in [2.05, 4.69) is 15.3 Å². The van der Waals surface area contributed by atoms with E-state index in [-0.39, 0.29) is 22.6 Å². The molecule has 0 saturated carbocycles. The zero-order valence-electron chi connectivity index (χ0n) is 19.8. The number of halogens is 4. The lowest BCUT2D eigenvalue weighted by Gasteiger charge is -2.24. The summed E-state index contributed by atoms with van der Waals surface area (Å²) in [7, 11) is 0. The maximum Gasteiger partial charge on any atom is 0.435 e. The van der Waals surface area contributed by atoms with E-state index in [1.807, 2.05) is 4.90 Å². The van der Waals surface area contributed by atoms with E-state index in [9.17, 15) is 27.2 Å². The first-order valence-electron chi connectivity index (χ1n) is 11.4. The number of nitrogens with one attached hydrogen (secondary N) is 1. The highest BCUT2D eigenvalue weighted by atomic mass is 19.1. The number of amides is 3. The number of urea groups is 1. The number of piperazine rings is 1. The van der Waals surface area contributed by atoms with Crippen molar-refractivity contribution in [2.24, 2.45) is 10.7 Å². The van der Waals surface area contributed by atoms with Gasteiger partial charge in [0.25, 0.3) is 0 Å². The first-order valence-corrected chi connectivity index (χ1v) is 11.4. The van der Waals surface area contributed by atoms with Gasteiger partial charge in [-0.15, -0.1) is 0 Å². The molecule has 0 aliphatic carbocycles. The van der Waals surface area contributed by atoms with Gasteiger partial charge in [-0.25, -0.2) is 37.0 Å². The summed E-state index contributed by atoms with van der Waals surface area (Å²) in [6, 6.07) is 6.84. The molecule has 0 bridgehead atoms. The second kappa shape index (κ2) is 11.7. The van der Waals surface area contributed by atoms with Gasteiger partial charge in [0.05, 0.1) is 12.0 Å². The smallest absolute Gasteiger partial charge is 0.435 e. The molecule has 3 N–H and O–H groups in total. The lowest BCUT2D eigenvalue weighted by molar-refractivity contribution is 0.150. The Morgan fingerprint density at radius 1 is 1.05 bits per heavy atom. The largest absolute Gasteiger partial charge is 0.443 e. The van der Waals surface area contributed by atoms with Crippen molar-refractivity contribution in [1.29, 1.82) is 0 Å². The van der Waals surface area contributed by atoms with Crippen molar-refractivity contribution in [1.82, 2.24) is 15.2 Å². The molecule has 0 atom stereocenters. The minimum absolute atomic E-state index is 0.142. The van der Waals surface area contributed by atoms with Crippen molar-refractivity contribution in [2.75, 3.05) is 31.1 Å². The van der Waals surface area contributed by atoms with Gasteiger partial charge in [-0.2, -0.15) is 4.99 Å². The Hall–Kier alpha value is -4.52. The third-order valence-electron chi connectivity index (χ3n) is 5.59. The predicted octanol–water partition coefficient (Wildman–Crippen LogP) is 4.09. The average Bonchev–Trinajstić information content (AvgIpc) is 2.89. The molecule has 0 spiro atoms. The van der Waals surface area contributed by atoms with E-state index < -0.39 is 47.7 Å². The van der Waals surface area contributed by atoms with Crippen molar-refractivity contribution in [3.63, 3.8) is 0 Å². The van der Waals surface area contributed by atoms with Crippen LogP contribution in [-0.2, 0) is 11.3 Å². The number of hydrogen-bond donors (Lipinski definition) is 2. The zero-order chi connectivity index (χ0) is 27.2. The Morgan fingerprint density at radius 2 is 1.76 bits per heavy atom. The summed E-state index contributed by atoms with van der Waals surface area (Å²) < 4.78 is 62.4. The van der Waals surface area contributed by atoms with Crippen LogP contribution >= 0.6 is 0 Å². The quantitative estimate of drug-likeness (QED) is 0.282. The minimum atomic E-state index is -1.27. The van der Waals surface area contributed by atoms with E-state index in [1.165, 1.54) is 18.5 Å². The molecule has 1 saturated heterocycles. The van der Waals surface area contributed by atoms with E-state index >= 15 is 0 Å². The predicted molar refractivity (Wildman–Crippen MR) is 131 cm³/mol. The summed E-state index contributed by atoms with van der Waals surface area (Å²) in [5.74, 6) is -4.42. The van der Waals surface area contributed by atoms with Gasteiger partial charge in [0.1, 0.15) is 41.4 Å². The number of para-hydroxylation sites is 1. The summed E-state index contributed by atoms with van der Waals surface area (Å²) in [4.78, 5) is 34.6. The first kappa shape index (κ1) is 26.5. The van der Waals surface area contributed by atoms with Crippen LogP contribution in [0.2, 0.25) is 0 Å². The third kappa shape index (κ3) is 6.06. The zero-order valence-corrected chi connectivity index (χ0v) is 19.8. The minimum Gasteiger partial charge on any atom is -0.443 e. The molecular weight excluding hydrogens is 508 g/mol. The van der Waals surface area contributed by atoms with Crippen molar-refractivity contribution in [3.8, 4) is 11.3 Å². The highest BCUT2D eigenvalue weighted by Gasteiger charge is 2.26. The van der Waals surface area contributed by atoms with Crippen LogP contribution in [0.25, 0.3) is 11.3 Å². The Kier molecular flexibility index (Phi) is 8.16. The van der Waals surface area contributed by atoms with Crippen molar-refractivity contribution >= 4 is 30.0 Å². The normalized spacial score (nSPS) is 13.5. The molecule has 38 heavy (non-hydrogen) atoms. The lowest BCUT2D eigenvalue weighted by atomic mass is 10.1. The third-order valence-corrected chi connectivity index (χ3v) is 5.59. The standard InChI is InChI=1S/C25H22F4N6O3/c26-16-5-6-17(20(29)12-16)22-15(13-38-25(37)32-14-34-10-8-31-9-11-34)4-7-21(33-22)35(24(30)36)23-18(27)2-1-3-19(23)28/h1-7,12,14,31H,8-11,13H2,(H2,30,36)/b32-14+. The van der Waals surface area contributed by atoms with Gasteiger partial charge in [0, 0.05) is 43.4 Å². The van der Waals surface area contributed by atoms with Crippen LogP contribution in [-0.4, -0.2) is 54.5 Å². The summed E-state index contributed by atoms with van der Waals surface area (Å²) in [6.45, 7) is 2.38. The fourth-order valence-electron chi connectivity index (χ4n) is 3.78. The highest BCUT2D eigenvalue weighted by molar-refractivity contribution is 5.98. The van der Waals surface area contributed by atoms with Gasteiger partial charge in [-0.05, 0) is 36.4 Å². The van der Waals surface area contributed by atoms with Crippen LogP contribution in [0.1, 0.15) is 5.56 Å². The van der Waals surface area contributed by atoms with Gasteiger partial charge in [0.2, 0.25) is 0 Å². The first-order chi connectivity index (χ1) is 18.2. The number of primary amides is 1. The number of pyridine rings is 1. The molecule has 9 nitrogen and oxygen atoms in total. The fourth-order valence-corrected chi connectivity index (χ4v) is 3.78. The number of rotatable bonds is 6. The molecule has 0 unspecified atom stereocenters. The number of carbonyl (C=O) groups excluding carboxylic acids is 2. The van der Waals surface area contributed by atoms with Gasteiger partial charge in [0.15, 0.2) is 0 Å². The molecule has 2 aromatic carbocycles. The summed E-state index contributed by atoms with van der Waals surface area (Å²) in [5.41, 5.74) is 4.36. The van der Waals surface area contributed by atoms with E-state index in [4.69, 9.17) is 10.5 Å². The van der Waals surface area contributed by atoms with Crippen LogP contribution in [0.4, 0.5) is 38.7 Å². The molecular formula is C25H22F4N6O3. The molecule has 1 aliphatic heterocycles. The number of anilines is 2. The number of benzene rings is 2. The van der Waals surface area contributed by atoms with Crippen LogP contribution in [0, 0.1) is 23.3 Å². The average molecular weight is 530 g/mol. The SMILES string of the molecule is NC(=O)N(c1ccc(COC(=O)/N=C/N2CCNCC2)c(-c2ccc(F)cc2F)n1)c1c(F)cccc1F. The topological polar surface area (TPSA) is 113 Å². The molecule has 3 aromatic rings. The molecule has 2 heterocycles. The maximum atomic E-state index is 14.7. The molecule has 4 rings (SSSR count). The van der Waals surface area contributed by atoms with E-state index in [0.717, 1.165) is 43.4 Å². The Morgan fingerprint density at radius 3 is 2.42 bits per heavy atom. The van der Waals surface area contributed by atoms with Gasteiger partial charge < -0.3 is 20.7 Å². The number of aromatic nitrogens is 1. The molecule has 13 heteroatoms. The maximum absolute atomic E-state index is 14.7. The second-order valence-electron chi connectivity index (χ2n) is 8.13. The van der Waals surface area contributed by atoms with Crippen molar-refractivity contribution < 1.29 is 31.9 Å². The molecule has 1 aliphatic rings. The molecule has 0 radical (unpaired) electrons. The summed E-state index contributed by atoms with van der Waals surface area (Å²) >= 11 is 0. The second-order valence-corrected chi connectivity index (χ2v) is 8.13. The highest BCUT2D eigenvalue weighted by Crippen LogP contribution is 2.33.